The largest absolute Gasteiger partial charge is 0.373 e. The number of ether oxygens (including phenoxy) is 1. The molecule has 2 unspecified atom stereocenters. The van der Waals surface area contributed by atoms with Crippen LogP contribution in [-0.4, -0.2) is 18.2 Å². The summed E-state index contributed by atoms with van der Waals surface area (Å²) in [5, 5.41) is 0. The predicted molar refractivity (Wildman–Crippen MR) is 67.4 cm³/mol. The molecule has 0 saturated carbocycles. The number of nitrogens with two attached hydrogens (primary N) is 1. The summed E-state index contributed by atoms with van der Waals surface area (Å²) >= 11 is 0. The van der Waals surface area contributed by atoms with Gasteiger partial charge in [-0.25, -0.2) is 0 Å². The molecule has 0 spiro atoms. The summed E-state index contributed by atoms with van der Waals surface area (Å²) in [5.74, 6) is 0. The zero-order valence-electron chi connectivity index (χ0n) is 10.5. The van der Waals surface area contributed by atoms with Crippen molar-refractivity contribution in [1.82, 2.24) is 0 Å². The van der Waals surface area contributed by atoms with E-state index in [4.69, 9.17) is 10.5 Å². The normalized spacial score (nSPS) is 34.0. The minimum atomic E-state index is -0.103. The van der Waals surface area contributed by atoms with Crippen molar-refractivity contribution >= 4 is 0 Å². The molecule has 0 bridgehead atoms. The Balaban J connectivity index is 2.03. The van der Waals surface area contributed by atoms with Crippen molar-refractivity contribution in [3.8, 4) is 0 Å². The van der Waals surface area contributed by atoms with Crippen molar-refractivity contribution < 1.29 is 4.74 Å². The van der Waals surface area contributed by atoms with Gasteiger partial charge in [-0.2, -0.15) is 0 Å². The van der Waals surface area contributed by atoms with Crippen LogP contribution >= 0.6 is 0 Å². The van der Waals surface area contributed by atoms with Crippen molar-refractivity contribution in [2.45, 2.75) is 69.9 Å². The summed E-state index contributed by atoms with van der Waals surface area (Å²) in [6.45, 7) is 3.08. The van der Waals surface area contributed by atoms with Gasteiger partial charge in [-0.3, -0.25) is 0 Å². The Bertz CT molecular complexity index is 253. The Labute approximate surface area is 99.2 Å². The molecule has 2 aliphatic rings. The topological polar surface area (TPSA) is 35.2 Å². The molecule has 2 nitrogen and oxygen atoms in total. The molecule has 0 aromatic heterocycles. The van der Waals surface area contributed by atoms with E-state index in [1.165, 1.54) is 50.5 Å². The van der Waals surface area contributed by atoms with Crippen molar-refractivity contribution in [3.05, 3.63) is 11.6 Å². The van der Waals surface area contributed by atoms with Crippen LogP contribution in [0.1, 0.15) is 58.3 Å². The summed E-state index contributed by atoms with van der Waals surface area (Å²) < 4.78 is 5.96. The first kappa shape index (κ1) is 12.1. The molecule has 0 aromatic carbocycles. The lowest BCUT2D eigenvalue weighted by molar-refractivity contribution is -0.0746. The van der Waals surface area contributed by atoms with Crippen molar-refractivity contribution in [3.63, 3.8) is 0 Å². The van der Waals surface area contributed by atoms with Crippen molar-refractivity contribution in [1.29, 1.82) is 0 Å². The van der Waals surface area contributed by atoms with Crippen LogP contribution in [0.5, 0.6) is 0 Å². The van der Waals surface area contributed by atoms with Gasteiger partial charge in [-0.15, -0.1) is 0 Å². The van der Waals surface area contributed by atoms with Gasteiger partial charge in [-0.1, -0.05) is 18.1 Å². The van der Waals surface area contributed by atoms with E-state index in [1.54, 1.807) is 0 Å². The summed E-state index contributed by atoms with van der Waals surface area (Å²) in [7, 11) is 0. The van der Waals surface area contributed by atoms with E-state index in [9.17, 15) is 0 Å². The molecule has 2 atom stereocenters. The van der Waals surface area contributed by atoms with E-state index < -0.39 is 0 Å². The highest BCUT2D eigenvalue weighted by atomic mass is 16.5. The predicted octanol–water partition coefficient (Wildman–Crippen LogP) is 3.16. The highest BCUT2D eigenvalue weighted by molar-refractivity contribution is 5.17. The zero-order valence-corrected chi connectivity index (χ0v) is 10.5. The first-order chi connectivity index (χ1) is 7.72. The molecule has 1 aliphatic carbocycles. The van der Waals surface area contributed by atoms with Crippen LogP contribution in [0, 0.1) is 0 Å². The fraction of sp³-hybridized carbons (Fsp3) is 0.857. The standard InChI is InChI=1S/C14H25NO/c1-14(10-6-7-11-16-14)13(15)12-8-4-2-3-5-9-12/h8,13H,2-7,9-11,15H2,1H3. The molecule has 0 aromatic rings. The summed E-state index contributed by atoms with van der Waals surface area (Å²) in [4.78, 5) is 0. The molecule has 0 amide bonds. The van der Waals surface area contributed by atoms with E-state index in [0.717, 1.165) is 13.0 Å². The maximum Gasteiger partial charge on any atom is 0.0842 e. The van der Waals surface area contributed by atoms with E-state index in [-0.39, 0.29) is 11.6 Å². The molecule has 2 N–H and O–H groups in total. The Morgan fingerprint density at radius 1 is 1.25 bits per heavy atom. The van der Waals surface area contributed by atoms with Gasteiger partial charge < -0.3 is 10.5 Å². The quantitative estimate of drug-likeness (QED) is 0.730. The lowest BCUT2D eigenvalue weighted by Crippen LogP contribution is -2.50. The number of allylic oxidation sites excluding steroid dienone is 1. The average molecular weight is 223 g/mol. The van der Waals surface area contributed by atoms with Crippen LogP contribution in [0.15, 0.2) is 11.6 Å². The molecule has 1 heterocycles. The monoisotopic (exact) mass is 223 g/mol. The third kappa shape index (κ3) is 2.67. The Morgan fingerprint density at radius 3 is 2.88 bits per heavy atom. The highest BCUT2D eigenvalue weighted by Crippen LogP contribution is 2.32. The second kappa shape index (κ2) is 5.33. The summed E-state index contributed by atoms with van der Waals surface area (Å²) in [6, 6.07) is 0.117. The fourth-order valence-electron chi connectivity index (χ4n) is 2.92. The SMILES string of the molecule is CC1(C(N)C2=CCCCCC2)CCCCO1. The molecule has 1 saturated heterocycles. The minimum Gasteiger partial charge on any atom is -0.373 e. The smallest absolute Gasteiger partial charge is 0.0842 e. The summed E-state index contributed by atoms with van der Waals surface area (Å²) in [5.41, 5.74) is 7.78. The van der Waals surface area contributed by atoms with Crippen LogP contribution in [0.3, 0.4) is 0 Å². The van der Waals surface area contributed by atoms with Crippen molar-refractivity contribution in [2.24, 2.45) is 5.73 Å². The number of hydrogen-bond donors (Lipinski definition) is 1. The highest BCUT2D eigenvalue weighted by Gasteiger charge is 2.36. The first-order valence-corrected chi connectivity index (χ1v) is 6.81. The van der Waals surface area contributed by atoms with E-state index in [2.05, 4.69) is 13.0 Å². The average Bonchev–Trinajstić information content (AvgIpc) is 2.57. The van der Waals surface area contributed by atoms with Crippen LogP contribution in [0.2, 0.25) is 0 Å². The van der Waals surface area contributed by atoms with E-state index in [0.29, 0.717) is 0 Å². The minimum absolute atomic E-state index is 0.103. The third-order valence-corrected chi connectivity index (χ3v) is 4.13. The Morgan fingerprint density at radius 2 is 2.12 bits per heavy atom. The van der Waals surface area contributed by atoms with Crippen LogP contribution in [0.25, 0.3) is 0 Å². The molecule has 0 radical (unpaired) electrons. The molecule has 92 valence electrons. The second-order valence-electron chi connectivity index (χ2n) is 5.47. The molecular formula is C14H25NO. The molecule has 1 aliphatic heterocycles. The van der Waals surface area contributed by atoms with Crippen LogP contribution in [0.4, 0.5) is 0 Å². The zero-order chi connectivity index (χ0) is 11.4. The van der Waals surface area contributed by atoms with E-state index in [1.807, 2.05) is 0 Å². The third-order valence-electron chi connectivity index (χ3n) is 4.13. The lowest BCUT2D eigenvalue weighted by atomic mass is 9.83. The van der Waals surface area contributed by atoms with Gasteiger partial charge in [0.2, 0.25) is 0 Å². The van der Waals surface area contributed by atoms with Gasteiger partial charge in [-0.05, 0) is 51.9 Å². The van der Waals surface area contributed by atoms with Gasteiger partial charge in [0.1, 0.15) is 0 Å². The Hall–Kier alpha value is -0.340. The number of rotatable bonds is 2. The van der Waals surface area contributed by atoms with Crippen LogP contribution in [-0.2, 0) is 4.74 Å². The van der Waals surface area contributed by atoms with Gasteiger partial charge in [0, 0.05) is 6.61 Å². The van der Waals surface area contributed by atoms with E-state index >= 15 is 0 Å². The molecular weight excluding hydrogens is 198 g/mol. The summed E-state index contributed by atoms with van der Waals surface area (Å²) in [6.07, 6.45) is 12.3. The Kier molecular flexibility index (Phi) is 4.04. The van der Waals surface area contributed by atoms with Crippen LogP contribution < -0.4 is 5.73 Å². The fourth-order valence-corrected chi connectivity index (χ4v) is 2.92. The van der Waals surface area contributed by atoms with Gasteiger partial charge in [0.05, 0.1) is 11.6 Å². The van der Waals surface area contributed by atoms with Gasteiger partial charge in [0.25, 0.3) is 0 Å². The number of hydrogen-bond acceptors (Lipinski definition) is 2. The molecule has 2 heteroatoms. The van der Waals surface area contributed by atoms with Gasteiger partial charge >= 0.3 is 0 Å². The molecule has 16 heavy (non-hydrogen) atoms. The second-order valence-corrected chi connectivity index (χ2v) is 5.47. The van der Waals surface area contributed by atoms with Gasteiger partial charge in [0.15, 0.2) is 0 Å². The maximum atomic E-state index is 6.43. The van der Waals surface area contributed by atoms with Crippen molar-refractivity contribution in [2.75, 3.05) is 6.61 Å². The molecule has 2 rings (SSSR count). The first-order valence-electron chi connectivity index (χ1n) is 6.81. The maximum absolute atomic E-state index is 6.43. The molecule has 1 fully saturated rings. The lowest BCUT2D eigenvalue weighted by Gasteiger charge is -2.40.